The lowest BCUT2D eigenvalue weighted by molar-refractivity contribution is -0.119. The normalized spacial score (nSPS) is 12.4. The standard InChI is InChI=1S/C16H20N2O/c1-13(2)12-15(18-10-6-7-11-18)16(19)17-14-8-4-3-5-9-14/h3-11,13,15H,12H2,1-2H3,(H,17,19)/t15-/m0/s1. The minimum Gasteiger partial charge on any atom is -0.342 e. The minimum absolute atomic E-state index is 0.0381. The molecule has 0 bridgehead atoms. The Morgan fingerprint density at radius 2 is 1.74 bits per heavy atom. The second kappa shape index (κ2) is 6.23. The maximum Gasteiger partial charge on any atom is 0.247 e. The van der Waals surface area contributed by atoms with Crippen molar-refractivity contribution >= 4 is 11.6 Å². The molecule has 0 aliphatic rings. The van der Waals surface area contributed by atoms with Crippen molar-refractivity contribution in [1.82, 2.24) is 4.57 Å². The first-order valence-corrected chi connectivity index (χ1v) is 6.65. The molecule has 0 spiro atoms. The molecule has 1 heterocycles. The molecule has 1 aromatic heterocycles. The number of para-hydroxylation sites is 1. The number of rotatable bonds is 5. The van der Waals surface area contributed by atoms with E-state index < -0.39 is 0 Å². The van der Waals surface area contributed by atoms with Crippen LogP contribution in [0.15, 0.2) is 54.9 Å². The molecule has 0 radical (unpaired) electrons. The first kappa shape index (κ1) is 13.4. The van der Waals surface area contributed by atoms with Crippen molar-refractivity contribution < 1.29 is 4.79 Å². The molecule has 0 aliphatic heterocycles. The Morgan fingerprint density at radius 1 is 1.11 bits per heavy atom. The number of aromatic nitrogens is 1. The van der Waals surface area contributed by atoms with Crippen LogP contribution in [-0.4, -0.2) is 10.5 Å². The second-order valence-corrected chi connectivity index (χ2v) is 5.13. The second-order valence-electron chi connectivity index (χ2n) is 5.13. The fourth-order valence-electron chi connectivity index (χ4n) is 2.11. The van der Waals surface area contributed by atoms with Crippen LogP contribution in [0.1, 0.15) is 26.3 Å². The fraction of sp³-hybridized carbons (Fsp3) is 0.312. The molecule has 0 unspecified atom stereocenters. The number of hydrogen-bond donors (Lipinski definition) is 1. The number of amides is 1. The predicted molar refractivity (Wildman–Crippen MR) is 78.0 cm³/mol. The van der Waals surface area contributed by atoms with Gasteiger partial charge in [0, 0.05) is 18.1 Å². The highest BCUT2D eigenvalue weighted by molar-refractivity contribution is 5.93. The van der Waals surface area contributed by atoms with Gasteiger partial charge in [0.25, 0.3) is 0 Å². The molecular formula is C16H20N2O. The van der Waals surface area contributed by atoms with Crippen LogP contribution in [0.2, 0.25) is 0 Å². The van der Waals surface area contributed by atoms with E-state index in [2.05, 4.69) is 19.2 Å². The molecule has 19 heavy (non-hydrogen) atoms. The fourth-order valence-corrected chi connectivity index (χ4v) is 2.11. The summed E-state index contributed by atoms with van der Waals surface area (Å²) in [6, 6.07) is 13.3. The van der Waals surface area contributed by atoms with Gasteiger partial charge >= 0.3 is 0 Å². The smallest absolute Gasteiger partial charge is 0.247 e. The predicted octanol–water partition coefficient (Wildman–Crippen LogP) is 3.71. The molecule has 100 valence electrons. The number of anilines is 1. The third-order valence-corrected chi connectivity index (χ3v) is 3.03. The summed E-state index contributed by atoms with van der Waals surface area (Å²) in [5, 5.41) is 2.98. The van der Waals surface area contributed by atoms with Crippen molar-refractivity contribution in [3.63, 3.8) is 0 Å². The molecule has 3 nitrogen and oxygen atoms in total. The maximum atomic E-state index is 12.4. The van der Waals surface area contributed by atoms with Crippen LogP contribution in [0, 0.1) is 5.92 Å². The SMILES string of the molecule is CC(C)C[C@@H](C(=O)Nc1ccccc1)n1cccc1. The number of benzene rings is 1. The van der Waals surface area contributed by atoms with Crippen molar-refractivity contribution in [2.24, 2.45) is 5.92 Å². The quantitative estimate of drug-likeness (QED) is 0.869. The molecule has 0 aliphatic carbocycles. The Labute approximate surface area is 114 Å². The van der Waals surface area contributed by atoms with Crippen molar-refractivity contribution in [2.45, 2.75) is 26.3 Å². The molecule has 0 fully saturated rings. The van der Waals surface area contributed by atoms with Crippen LogP contribution in [0.25, 0.3) is 0 Å². The monoisotopic (exact) mass is 256 g/mol. The van der Waals surface area contributed by atoms with Gasteiger partial charge in [0.2, 0.25) is 5.91 Å². The Bertz CT molecular complexity index is 503. The van der Waals surface area contributed by atoms with Crippen molar-refractivity contribution in [3.8, 4) is 0 Å². The largest absolute Gasteiger partial charge is 0.342 e. The summed E-state index contributed by atoms with van der Waals surface area (Å²) in [6.07, 6.45) is 4.71. The van der Waals surface area contributed by atoms with Crippen LogP contribution in [0.4, 0.5) is 5.69 Å². The van der Waals surface area contributed by atoms with Crippen LogP contribution < -0.4 is 5.32 Å². The van der Waals surface area contributed by atoms with Gasteiger partial charge in [-0.2, -0.15) is 0 Å². The van der Waals surface area contributed by atoms with E-state index in [1.807, 2.05) is 59.4 Å². The summed E-state index contributed by atoms with van der Waals surface area (Å²) in [5.41, 5.74) is 0.841. The molecule has 1 aromatic carbocycles. The van der Waals surface area contributed by atoms with Gasteiger partial charge in [-0.05, 0) is 36.6 Å². The molecule has 0 saturated heterocycles. The van der Waals surface area contributed by atoms with Gasteiger partial charge in [0.05, 0.1) is 0 Å². The first-order chi connectivity index (χ1) is 9.16. The zero-order chi connectivity index (χ0) is 13.7. The van der Waals surface area contributed by atoms with Gasteiger partial charge in [-0.1, -0.05) is 32.0 Å². The Hall–Kier alpha value is -2.03. The number of carbonyl (C=O) groups is 1. The third-order valence-electron chi connectivity index (χ3n) is 3.03. The van der Waals surface area contributed by atoms with E-state index in [0.717, 1.165) is 12.1 Å². The third kappa shape index (κ3) is 3.71. The van der Waals surface area contributed by atoms with Gasteiger partial charge in [0.1, 0.15) is 6.04 Å². The zero-order valence-corrected chi connectivity index (χ0v) is 11.4. The van der Waals surface area contributed by atoms with E-state index in [1.165, 1.54) is 0 Å². The number of carbonyl (C=O) groups excluding carboxylic acids is 1. The van der Waals surface area contributed by atoms with Crippen molar-refractivity contribution in [2.75, 3.05) is 5.32 Å². The average Bonchev–Trinajstić information content (AvgIpc) is 2.90. The molecule has 0 saturated carbocycles. The molecular weight excluding hydrogens is 236 g/mol. The Morgan fingerprint density at radius 3 is 2.32 bits per heavy atom. The summed E-state index contributed by atoms with van der Waals surface area (Å²) in [6.45, 7) is 4.26. The van der Waals surface area contributed by atoms with Gasteiger partial charge in [-0.15, -0.1) is 0 Å². The summed E-state index contributed by atoms with van der Waals surface area (Å²) >= 11 is 0. The lowest BCUT2D eigenvalue weighted by Crippen LogP contribution is -2.26. The first-order valence-electron chi connectivity index (χ1n) is 6.65. The molecule has 1 N–H and O–H groups in total. The average molecular weight is 256 g/mol. The molecule has 2 aromatic rings. The van der Waals surface area contributed by atoms with E-state index in [-0.39, 0.29) is 11.9 Å². The topological polar surface area (TPSA) is 34.0 Å². The van der Waals surface area contributed by atoms with Crippen molar-refractivity contribution in [3.05, 3.63) is 54.9 Å². The van der Waals surface area contributed by atoms with E-state index in [9.17, 15) is 4.79 Å². The number of hydrogen-bond acceptors (Lipinski definition) is 1. The van der Waals surface area contributed by atoms with Gasteiger partial charge in [0.15, 0.2) is 0 Å². The lowest BCUT2D eigenvalue weighted by atomic mass is 10.0. The highest BCUT2D eigenvalue weighted by Gasteiger charge is 2.20. The van der Waals surface area contributed by atoms with E-state index in [1.54, 1.807) is 0 Å². The molecule has 2 rings (SSSR count). The zero-order valence-electron chi connectivity index (χ0n) is 11.4. The summed E-state index contributed by atoms with van der Waals surface area (Å²) in [5.74, 6) is 0.505. The summed E-state index contributed by atoms with van der Waals surface area (Å²) in [4.78, 5) is 12.4. The maximum absolute atomic E-state index is 12.4. The highest BCUT2D eigenvalue weighted by atomic mass is 16.2. The van der Waals surface area contributed by atoms with E-state index in [4.69, 9.17) is 0 Å². The van der Waals surface area contributed by atoms with Crippen LogP contribution in [0.5, 0.6) is 0 Å². The summed E-state index contributed by atoms with van der Waals surface area (Å²) < 4.78 is 1.97. The van der Waals surface area contributed by atoms with Gasteiger partial charge in [-0.3, -0.25) is 4.79 Å². The van der Waals surface area contributed by atoms with E-state index in [0.29, 0.717) is 5.92 Å². The Kier molecular flexibility index (Phi) is 4.39. The summed E-state index contributed by atoms with van der Waals surface area (Å²) in [7, 11) is 0. The number of nitrogens with zero attached hydrogens (tertiary/aromatic N) is 1. The number of nitrogens with one attached hydrogen (secondary N) is 1. The molecule has 1 atom stereocenters. The van der Waals surface area contributed by atoms with Crippen molar-refractivity contribution in [1.29, 1.82) is 0 Å². The Balaban J connectivity index is 2.12. The highest BCUT2D eigenvalue weighted by Crippen LogP contribution is 2.20. The molecule has 1 amide bonds. The van der Waals surface area contributed by atoms with Crippen LogP contribution >= 0.6 is 0 Å². The minimum atomic E-state index is -0.157. The lowest BCUT2D eigenvalue weighted by Gasteiger charge is -2.20. The van der Waals surface area contributed by atoms with E-state index >= 15 is 0 Å². The van der Waals surface area contributed by atoms with Gasteiger partial charge in [-0.25, -0.2) is 0 Å². The van der Waals surface area contributed by atoms with Crippen LogP contribution in [-0.2, 0) is 4.79 Å². The van der Waals surface area contributed by atoms with Crippen LogP contribution in [0.3, 0.4) is 0 Å². The van der Waals surface area contributed by atoms with Gasteiger partial charge < -0.3 is 9.88 Å². The molecule has 3 heteroatoms.